The lowest BCUT2D eigenvalue weighted by Gasteiger charge is -2.12. The molecule has 3 aromatic heterocycles. The Morgan fingerprint density at radius 1 is 0.321 bits per heavy atom. The van der Waals surface area contributed by atoms with Crippen molar-refractivity contribution in [3.63, 3.8) is 0 Å². The number of hydrogen-bond acceptors (Lipinski definition) is 1. The van der Waals surface area contributed by atoms with Crippen molar-refractivity contribution in [3.8, 4) is 39.6 Å². The minimum Gasteiger partial charge on any atom is -0.309 e. The molecule has 4 nitrogen and oxygen atoms in total. The summed E-state index contributed by atoms with van der Waals surface area (Å²) in [6.45, 7) is 0. The Hall–Kier alpha value is -7.17. The first-order valence-corrected chi connectivity index (χ1v) is 18.1. The summed E-state index contributed by atoms with van der Waals surface area (Å²) in [5.41, 5.74) is 13.7. The molecule has 0 amide bonds. The van der Waals surface area contributed by atoms with E-state index in [0.717, 1.165) is 39.5 Å². The van der Waals surface area contributed by atoms with Crippen molar-refractivity contribution in [1.82, 2.24) is 18.7 Å². The van der Waals surface area contributed by atoms with Crippen LogP contribution in [0.3, 0.4) is 0 Å². The number of hydrogen-bond donors (Lipinski definition) is 0. The first-order valence-electron chi connectivity index (χ1n) is 18.1. The van der Waals surface area contributed by atoms with E-state index in [2.05, 4.69) is 208 Å². The molecule has 0 atom stereocenters. The fourth-order valence-corrected chi connectivity index (χ4v) is 8.35. The summed E-state index contributed by atoms with van der Waals surface area (Å²) in [6.07, 6.45) is 0. The van der Waals surface area contributed by atoms with Gasteiger partial charge >= 0.3 is 0 Å². The van der Waals surface area contributed by atoms with E-state index in [1.807, 2.05) is 0 Å². The highest BCUT2D eigenvalue weighted by Crippen LogP contribution is 2.41. The fourth-order valence-electron chi connectivity index (χ4n) is 8.35. The van der Waals surface area contributed by atoms with E-state index in [4.69, 9.17) is 4.98 Å². The Balaban J connectivity index is 1.09. The number of imidazole rings is 1. The normalized spacial score (nSPS) is 11.8. The summed E-state index contributed by atoms with van der Waals surface area (Å²) in [7, 11) is 0. The lowest BCUT2D eigenvalue weighted by Crippen LogP contribution is -1.98. The van der Waals surface area contributed by atoms with E-state index < -0.39 is 0 Å². The molecule has 0 radical (unpaired) electrons. The van der Waals surface area contributed by atoms with Crippen molar-refractivity contribution in [3.05, 3.63) is 194 Å². The van der Waals surface area contributed by atoms with Gasteiger partial charge in [-0.3, -0.25) is 4.57 Å². The van der Waals surface area contributed by atoms with E-state index in [1.165, 1.54) is 54.7 Å². The van der Waals surface area contributed by atoms with Crippen LogP contribution >= 0.6 is 0 Å². The highest BCUT2D eigenvalue weighted by Gasteiger charge is 2.19. The van der Waals surface area contributed by atoms with Crippen LogP contribution in [-0.2, 0) is 0 Å². The molecule has 0 N–H and O–H groups in total. The van der Waals surface area contributed by atoms with Gasteiger partial charge in [-0.15, -0.1) is 0 Å². The van der Waals surface area contributed by atoms with Gasteiger partial charge < -0.3 is 9.13 Å². The molecule has 0 aliphatic carbocycles. The highest BCUT2D eigenvalue weighted by molar-refractivity contribution is 6.17. The average molecular weight is 677 g/mol. The van der Waals surface area contributed by atoms with E-state index in [1.54, 1.807) is 0 Å². The molecule has 0 saturated carbocycles. The number of aromatic nitrogens is 4. The zero-order valence-corrected chi connectivity index (χ0v) is 28.8. The van der Waals surface area contributed by atoms with Gasteiger partial charge in [-0.1, -0.05) is 109 Å². The summed E-state index contributed by atoms with van der Waals surface area (Å²) < 4.78 is 7.05. The van der Waals surface area contributed by atoms with Gasteiger partial charge in [0.15, 0.2) is 0 Å². The number of para-hydroxylation sites is 6. The van der Waals surface area contributed by atoms with E-state index in [-0.39, 0.29) is 0 Å². The highest BCUT2D eigenvalue weighted by atomic mass is 15.1. The number of fused-ring (bicyclic) bond motifs is 7. The van der Waals surface area contributed by atoms with Crippen molar-refractivity contribution in [2.24, 2.45) is 0 Å². The molecule has 0 bridgehead atoms. The van der Waals surface area contributed by atoms with Crippen molar-refractivity contribution in [2.75, 3.05) is 0 Å². The molecule has 0 unspecified atom stereocenters. The maximum atomic E-state index is 5.11. The molecule has 53 heavy (non-hydrogen) atoms. The van der Waals surface area contributed by atoms with E-state index in [9.17, 15) is 0 Å². The molecule has 0 spiro atoms. The summed E-state index contributed by atoms with van der Waals surface area (Å²) in [5, 5.41) is 5.00. The molecule has 3 heterocycles. The Labute approximate surface area is 306 Å². The van der Waals surface area contributed by atoms with Gasteiger partial charge in [0, 0.05) is 44.2 Å². The van der Waals surface area contributed by atoms with Gasteiger partial charge in [0.2, 0.25) is 0 Å². The third-order valence-electron chi connectivity index (χ3n) is 10.7. The molecule has 8 aromatic carbocycles. The second-order valence-corrected chi connectivity index (χ2v) is 13.6. The van der Waals surface area contributed by atoms with Crippen LogP contribution < -0.4 is 0 Å². The molecular weight excluding hydrogens is 645 g/mol. The van der Waals surface area contributed by atoms with E-state index >= 15 is 0 Å². The Kier molecular flexibility index (Phi) is 6.52. The number of nitrogens with zero attached hydrogens (tertiary/aromatic N) is 4. The largest absolute Gasteiger partial charge is 0.309 e. The minimum absolute atomic E-state index is 0.928. The quantitative estimate of drug-likeness (QED) is 0.178. The van der Waals surface area contributed by atoms with Crippen LogP contribution in [0.15, 0.2) is 194 Å². The molecule has 11 rings (SSSR count). The molecule has 0 aliphatic heterocycles. The maximum absolute atomic E-state index is 5.11. The van der Waals surface area contributed by atoms with Crippen LogP contribution in [-0.4, -0.2) is 18.7 Å². The number of rotatable bonds is 5. The molecule has 0 aliphatic rings. The topological polar surface area (TPSA) is 27.7 Å². The van der Waals surface area contributed by atoms with Crippen LogP contribution in [0.2, 0.25) is 0 Å². The molecular formula is C49H32N4. The maximum Gasteiger partial charge on any atom is 0.145 e. The van der Waals surface area contributed by atoms with Crippen molar-refractivity contribution in [2.45, 2.75) is 0 Å². The predicted octanol–water partition coefficient (Wildman–Crippen LogP) is 12.6. The standard InChI is InChI=1S/C49H32N4/c1-3-14-35(15-4-1)52-43-22-10-7-18-39(43)40-31-28-34(32-47(40)52)38-20-13-25-46-48(38)41-19-8-11-23-44(41)51(46)37-29-26-33(27-30-37)49-50-42-21-9-12-24-45(42)53(49)36-16-5-2-6-17-36/h1-32H. The average Bonchev–Trinajstić information content (AvgIpc) is 3.89. The molecule has 0 saturated heterocycles. The SMILES string of the molecule is c1ccc(-n2c(-c3ccc(-n4c5ccccc5c5c(-c6ccc7c8ccccc8n(-c8ccccc8)c7c6)cccc54)cc3)nc3ccccc32)cc1. The second-order valence-electron chi connectivity index (χ2n) is 13.6. The van der Waals surface area contributed by atoms with Gasteiger partial charge in [-0.2, -0.15) is 0 Å². The minimum atomic E-state index is 0.928. The Morgan fingerprint density at radius 3 is 1.60 bits per heavy atom. The van der Waals surface area contributed by atoms with Crippen molar-refractivity contribution in [1.29, 1.82) is 0 Å². The van der Waals surface area contributed by atoms with Gasteiger partial charge in [0.05, 0.1) is 33.1 Å². The summed E-state index contributed by atoms with van der Waals surface area (Å²) >= 11 is 0. The molecule has 4 heteroatoms. The van der Waals surface area contributed by atoms with Gasteiger partial charge in [0.1, 0.15) is 5.82 Å². The van der Waals surface area contributed by atoms with Crippen LogP contribution in [0.1, 0.15) is 0 Å². The smallest absolute Gasteiger partial charge is 0.145 e. The first-order chi connectivity index (χ1) is 26.3. The Bertz CT molecular complexity index is 3150. The first kappa shape index (κ1) is 29.5. The fraction of sp³-hybridized carbons (Fsp3) is 0. The number of benzene rings is 8. The molecule has 0 fully saturated rings. The monoisotopic (exact) mass is 676 g/mol. The zero-order valence-electron chi connectivity index (χ0n) is 28.8. The molecule has 11 aromatic rings. The Morgan fingerprint density at radius 2 is 0.849 bits per heavy atom. The van der Waals surface area contributed by atoms with E-state index in [0.29, 0.717) is 0 Å². The lowest BCUT2D eigenvalue weighted by molar-refractivity contribution is 1.10. The summed E-state index contributed by atoms with van der Waals surface area (Å²) in [6, 6.07) is 69.6. The van der Waals surface area contributed by atoms with Crippen LogP contribution in [0, 0.1) is 0 Å². The predicted molar refractivity (Wildman–Crippen MR) is 221 cm³/mol. The summed E-state index contributed by atoms with van der Waals surface area (Å²) in [5.74, 6) is 0.928. The zero-order chi connectivity index (χ0) is 34.9. The van der Waals surface area contributed by atoms with Gasteiger partial charge in [-0.25, -0.2) is 4.98 Å². The third kappa shape index (κ3) is 4.52. The third-order valence-corrected chi connectivity index (χ3v) is 10.7. The second kappa shape index (κ2) is 11.7. The summed E-state index contributed by atoms with van der Waals surface area (Å²) in [4.78, 5) is 5.11. The van der Waals surface area contributed by atoms with Crippen molar-refractivity contribution >= 4 is 54.6 Å². The van der Waals surface area contributed by atoms with Gasteiger partial charge in [-0.05, 0) is 96.1 Å². The van der Waals surface area contributed by atoms with Crippen LogP contribution in [0.5, 0.6) is 0 Å². The van der Waals surface area contributed by atoms with Crippen LogP contribution in [0.25, 0.3) is 94.2 Å². The lowest BCUT2D eigenvalue weighted by atomic mass is 9.98. The molecule has 248 valence electrons. The van der Waals surface area contributed by atoms with Gasteiger partial charge in [0.25, 0.3) is 0 Å². The van der Waals surface area contributed by atoms with Crippen molar-refractivity contribution < 1.29 is 0 Å². The van der Waals surface area contributed by atoms with Crippen LogP contribution in [0.4, 0.5) is 0 Å².